The second kappa shape index (κ2) is 10.1. The molecule has 2 fully saturated rings. The Bertz CT molecular complexity index is 806. The number of halogens is 1. The lowest BCUT2D eigenvalue weighted by atomic mass is 10.1. The van der Waals surface area contributed by atoms with Crippen molar-refractivity contribution in [3.63, 3.8) is 0 Å². The van der Waals surface area contributed by atoms with Crippen LogP contribution in [0.15, 0.2) is 29.7 Å². The molecule has 2 saturated heterocycles. The van der Waals surface area contributed by atoms with Gasteiger partial charge in [0.15, 0.2) is 11.5 Å². The Morgan fingerprint density at radius 2 is 2.29 bits per heavy atom. The molecule has 8 heteroatoms. The van der Waals surface area contributed by atoms with E-state index in [0.29, 0.717) is 40.5 Å². The fourth-order valence-corrected chi connectivity index (χ4v) is 5.07. The van der Waals surface area contributed by atoms with Crippen LogP contribution in [0, 0.1) is 3.57 Å². The molecule has 0 spiro atoms. The predicted molar refractivity (Wildman–Crippen MR) is 125 cm³/mol. The number of carbonyl (C=O) groups is 1. The van der Waals surface area contributed by atoms with Gasteiger partial charge in [-0.2, -0.15) is 0 Å². The molecular weight excluding hydrogens is 509 g/mol. The summed E-state index contributed by atoms with van der Waals surface area (Å²) < 4.78 is 18.6. The van der Waals surface area contributed by atoms with Gasteiger partial charge in [-0.1, -0.05) is 36.6 Å². The quantitative estimate of drug-likeness (QED) is 0.211. The zero-order chi connectivity index (χ0) is 20.1. The molecule has 0 radical (unpaired) electrons. The lowest BCUT2D eigenvalue weighted by Gasteiger charge is -2.18. The van der Waals surface area contributed by atoms with Gasteiger partial charge >= 0.3 is 0 Å². The maximum absolute atomic E-state index is 12.8. The highest BCUT2D eigenvalue weighted by molar-refractivity contribution is 14.1. The molecule has 3 rings (SSSR count). The number of amides is 1. The first-order valence-corrected chi connectivity index (χ1v) is 11.4. The lowest BCUT2D eigenvalue weighted by molar-refractivity contribution is -0.123. The van der Waals surface area contributed by atoms with Crippen molar-refractivity contribution in [2.24, 2.45) is 0 Å². The Hall–Kier alpha value is -1.10. The van der Waals surface area contributed by atoms with E-state index < -0.39 is 0 Å². The largest absolute Gasteiger partial charge is 0.490 e. The van der Waals surface area contributed by atoms with Crippen LogP contribution in [0.2, 0.25) is 0 Å². The number of rotatable bonds is 8. The van der Waals surface area contributed by atoms with E-state index in [1.165, 1.54) is 11.8 Å². The van der Waals surface area contributed by atoms with Gasteiger partial charge in [-0.25, -0.2) is 0 Å². The average molecular weight is 531 g/mol. The van der Waals surface area contributed by atoms with Crippen LogP contribution < -0.4 is 9.47 Å². The molecule has 2 heterocycles. The molecule has 2 aliphatic rings. The van der Waals surface area contributed by atoms with Crippen molar-refractivity contribution in [2.45, 2.75) is 25.9 Å². The molecule has 0 unspecified atom stereocenters. The van der Waals surface area contributed by atoms with Gasteiger partial charge < -0.3 is 14.2 Å². The second-order valence-electron chi connectivity index (χ2n) is 6.29. The number of carbonyl (C=O) groups excluding carboxylic acids is 1. The van der Waals surface area contributed by atoms with Crippen molar-refractivity contribution in [2.75, 3.05) is 26.4 Å². The third-order valence-corrected chi connectivity index (χ3v) is 6.44. The summed E-state index contributed by atoms with van der Waals surface area (Å²) in [5.74, 6) is 1.27. The fraction of sp³-hybridized carbons (Fsp3) is 0.400. The molecule has 0 aromatic heterocycles. The molecule has 0 saturated carbocycles. The molecule has 1 aromatic rings. The molecule has 0 bridgehead atoms. The smallest absolute Gasteiger partial charge is 0.266 e. The summed E-state index contributed by atoms with van der Waals surface area (Å²) in [6.45, 7) is 7.81. The van der Waals surface area contributed by atoms with Crippen molar-refractivity contribution >= 4 is 62.9 Å². The zero-order valence-corrected chi connectivity index (χ0v) is 19.4. The van der Waals surface area contributed by atoms with E-state index in [2.05, 4.69) is 29.2 Å². The third kappa shape index (κ3) is 5.08. The van der Waals surface area contributed by atoms with E-state index in [-0.39, 0.29) is 12.0 Å². The Balaban J connectivity index is 1.82. The molecule has 0 aliphatic carbocycles. The third-order valence-electron chi connectivity index (χ3n) is 4.26. The molecule has 1 amide bonds. The molecule has 1 atom stereocenters. The topological polar surface area (TPSA) is 48.0 Å². The summed E-state index contributed by atoms with van der Waals surface area (Å²) in [7, 11) is 0. The van der Waals surface area contributed by atoms with Crippen LogP contribution in [0.25, 0.3) is 6.08 Å². The number of thioether (sulfide) groups is 1. The van der Waals surface area contributed by atoms with Crippen LogP contribution in [-0.4, -0.2) is 47.6 Å². The van der Waals surface area contributed by atoms with Crippen molar-refractivity contribution in [3.8, 4) is 11.5 Å². The van der Waals surface area contributed by atoms with Gasteiger partial charge in [0.1, 0.15) is 10.9 Å². The number of thiocarbonyl (C=S) groups is 1. The number of hydrogen-bond acceptors (Lipinski definition) is 6. The van der Waals surface area contributed by atoms with Crippen LogP contribution >= 0.6 is 46.6 Å². The minimum absolute atomic E-state index is 0.0644. The number of ether oxygens (including phenoxy) is 3. The van der Waals surface area contributed by atoms with Crippen LogP contribution in [-0.2, 0) is 9.53 Å². The number of hydrogen-bond donors (Lipinski definition) is 0. The summed E-state index contributed by atoms with van der Waals surface area (Å²) in [6, 6.07) is 3.85. The minimum atomic E-state index is -0.0644. The highest BCUT2D eigenvalue weighted by Crippen LogP contribution is 2.38. The monoisotopic (exact) mass is 531 g/mol. The van der Waals surface area contributed by atoms with Gasteiger partial charge in [0, 0.05) is 6.61 Å². The van der Waals surface area contributed by atoms with Crippen LogP contribution in [0.5, 0.6) is 11.5 Å². The van der Waals surface area contributed by atoms with E-state index in [4.69, 9.17) is 26.4 Å². The Morgan fingerprint density at radius 3 is 2.96 bits per heavy atom. The Kier molecular flexibility index (Phi) is 7.78. The molecule has 28 heavy (non-hydrogen) atoms. The van der Waals surface area contributed by atoms with Gasteiger partial charge in [-0.15, -0.1) is 0 Å². The molecule has 2 aliphatic heterocycles. The van der Waals surface area contributed by atoms with Crippen LogP contribution in [0.1, 0.15) is 25.3 Å². The van der Waals surface area contributed by atoms with Gasteiger partial charge in [0.2, 0.25) is 0 Å². The fourth-order valence-electron chi connectivity index (χ4n) is 3.02. The maximum atomic E-state index is 12.8. The van der Waals surface area contributed by atoms with E-state index in [0.717, 1.165) is 28.6 Å². The second-order valence-corrected chi connectivity index (χ2v) is 9.13. The number of benzene rings is 1. The first-order chi connectivity index (χ1) is 13.5. The van der Waals surface area contributed by atoms with Gasteiger partial charge in [0.05, 0.1) is 27.7 Å². The molecular formula is C20H22INO4S2. The highest BCUT2D eigenvalue weighted by Gasteiger charge is 2.34. The van der Waals surface area contributed by atoms with Crippen LogP contribution in [0.4, 0.5) is 0 Å². The molecule has 0 N–H and O–H groups in total. The van der Waals surface area contributed by atoms with Crippen LogP contribution in [0.3, 0.4) is 0 Å². The molecule has 1 aromatic carbocycles. The molecule has 150 valence electrons. The van der Waals surface area contributed by atoms with Gasteiger partial charge in [-0.3, -0.25) is 9.69 Å². The summed E-state index contributed by atoms with van der Waals surface area (Å²) in [5, 5.41) is 0. The van der Waals surface area contributed by atoms with E-state index in [1.54, 1.807) is 11.0 Å². The van der Waals surface area contributed by atoms with E-state index >= 15 is 0 Å². The number of nitrogens with zero attached hydrogens (tertiary/aromatic N) is 1. The maximum Gasteiger partial charge on any atom is 0.266 e. The molecule has 5 nitrogen and oxygen atoms in total. The van der Waals surface area contributed by atoms with Gasteiger partial charge in [-0.05, 0) is 66.1 Å². The van der Waals surface area contributed by atoms with Crippen molar-refractivity contribution in [1.82, 2.24) is 4.90 Å². The summed E-state index contributed by atoms with van der Waals surface area (Å²) >= 11 is 8.96. The van der Waals surface area contributed by atoms with E-state index in [9.17, 15) is 4.79 Å². The zero-order valence-electron chi connectivity index (χ0n) is 15.6. The summed E-state index contributed by atoms with van der Waals surface area (Å²) in [5.41, 5.74) is 0.872. The first-order valence-electron chi connectivity index (χ1n) is 9.10. The van der Waals surface area contributed by atoms with Crippen molar-refractivity contribution in [3.05, 3.63) is 38.8 Å². The summed E-state index contributed by atoms with van der Waals surface area (Å²) in [6.07, 6.45) is 5.64. The SMILES string of the molecule is C=CCOc1c(I)cc(/C=C2\SC(=S)N(C[C@H]3CCCO3)C2=O)cc1OCC. The lowest BCUT2D eigenvalue weighted by Crippen LogP contribution is -2.35. The minimum Gasteiger partial charge on any atom is -0.490 e. The normalized spacial score (nSPS) is 20.9. The first kappa shape index (κ1) is 21.6. The highest BCUT2D eigenvalue weighted by atomic mass is 127. The van der Waals surface area contributed by atoms with E-state index in [1.807, 2.05) is 25.1 Å². The average Bonchev–Trinajstić information content (AvgIpc) is 3.26. The van der Waals surface area contributed by atoms with Crippen molar-refractivity contribution in [1.29, 1.82) is 0 Å². The summed E-state index contributed by atoms with van der Waals surface area (Å²) in [4.78, 5) is 15.1. The Labute approximate surface area is 188 Å². The van der Waals surface area contributed by atoms with Gasteiger partial charge in [0.25, 0.3) is 5.91 Å². The predicted octanol–water partition coefficient (Wildman–Crippen LogP) is 4.63. The Morgan fingerprint density at radius 1 is 1.46 bits per heavy atom. The van der Waals surface area contributed by atoms with Crippen molar-refractivity contribution < 1.29 is 19.0 Å². The standard InChI is InChI=1S/C20H22INO4S2/c1-3-7-26-18-15(21)9-13(10-16(18)24-4-2)11-17-19(23)22(20(27)28-17)12-14-6-5-8-25-14/h3,9-11,14H,1,4-8,12H2,2H3/b17-11-/t14-/m1/s1.